The maximum absolute atomic E-state index is 12.7. The molecular weight excluding hydrogens is 400 g/mol. The maximum atomic E-state index is 12.7. The summed E-state index contributed by atoms with van der Waals surface area (Å²) in [5.41, 5.74) is 6.04. The molecular formula is C18H15BrN4O3. The number of benzene rings is 2. The van der Waals surface area contributed by atoms with Crippen LogP contribution in [-0.2, 0) is 4.79 Å². The first-order chi connectivity index (χ1) is 12.5. The first kappa shape index (κ1) is 17.8. The number of hydrogen-bond acceptors (Lipinski definition) is 5. The zero-order valence-corrected chi connectivity index (χ0v) is 15.4. The molecule has 0 aliphatic rings. The fourth-order valence-corrected chi connectivity index (χ4v) is 2.74. The van der Waals surface area contributed by atoms with Crippen molar-refractivity contribution in [3.8, 4) is 5.75 Å². The van der Waals surface area contributed by atoms with Gasteiger partial charge in [0.25, 0.3) is 11.5 Å². The van der Waals surface area contributed by atoms with Gasteiger partial charge in [0.15, 0.2) is 6.61 Å². The molecule has 0 unspecified atom stereocenters. The summed E-state index contributed by atoms with van der Waals surface area (Å²) < 4.78 is 7.37. The Morgan fingerprint density at radius 3 is 2.88 bits per heavy atom. The Morgan fingerprint density at radius 1 is 1.35 bits per heavy atom. The largest absolute Gasteiger partial charge is 0.483 e. The van der Waals surface area contributed by atoms with Crippen molar-refractivity contribution in [2.24, 2.45) is 10.8 Å². The van der Waals surface area contributed by atoms with Crippen LogP contribution in [0.2, 0.25) is 0 Å². The number of para-hydroxylation sites is 1. The average molecular weight is 415 g/mol. The monoisotopic (exact) mass is 414 g/mol. The number of hydrogen-bond donors (Lipinski definition) is 1. The van der Waals surface area contributed by atoms with Crippen molar-refractivity contribution in [3.63, 3.8) is 0 Å². The molecule has 0 bridgehead atoms. The highest BCUT2D eigenvalue weighted by molar-refractivity contribution is 9.10. The fourth-order valence-electron chi connectivity index (χ4n) is 2.38. The van der Waals surface area contributed by atoms with Crippen LogP contribution < -0.4 is 16.0 Å². The molecule has 2 N–H and O–H groups in total. The minimum Gasteiger partial charge on any atom is -0.483 e. The third kappa shape index (κ3) is 3.80. The fraction of sp³-hybridized carbons (Fsp3) is 0.111. The summed E-state index contributed by atoms with van der Waals surface area (Å²) in [5, 5.41) is 4.71. The third-order valence-corrected chi connectivity index (χ3v) is 4.06. The number of nitrogens with two attached hydrogens (primary N) is 1. The van der Waals surface area contributed by atoms with Gasteiger partial charge in [-0.1, -0.05) is 28.1 Å². The summed E-state index contributed by atoms with van der Waals surface area (Å²) in [6.45, 7) is 1.46. The summed E-state index contributed by atoms with van der Waals surface area (Å²) in [5.74, 6) is 0.321. The predicted molar refractivity (Wildman–Crippen MR) is 103 cm³/mol. The molecule has 0 radical (unpaired) electrons. The van der Waals surface area contributed by atoms with Crippen LogP contribution in [0, 0.1) is 6.92 Å². The topological polar surface area (TPSA) is 99.6 Å². The van der Waals surface area contributed by atoms with Gasteiger partial charge in [-0.2, -0.15) is 9.78 Å². The Morgan fingerprint density at radius 2 is 2.12 bits per heavy atom. The molecule has 0 atom stereocenters. The van der Waals surface area contributed by atoms with Crippen molar-refractivity contribution in [3.05, 3.63) is 68.7 Å². The number of fused-ring (bicyclic) bond motifs is 1. The molecule has 1 aromatic heterocycles. The lowest BCUT2D eigenvalue weighted by Crippen LogP contribution is -2.21. The zero-order valence-electron chi connectivity index (χ0n) is 13.8. The van der Waals surface area contributed by atoms with Gasteiger partial charge in [0, 0.05) is 10.0 Å². The van der Waals surface area contributed by atoms with E-state index in [-0.39, 0.29) is 12.2 Å². The van der Waals surface area contributed by atoms with Gasteiger partial charge in [-0.3, -0.25) is 9.59 Å². The molecule has 0 fully saturated rings. The normalized spacial score (nSPS) is 11.2. The molecule has 132 valence electrons. The van der Waals surface area contributed by atoms with Crippen molar-refractivity contribution >= 4 is 39.0 Å². The first-order valence-electron chi connectivity index (χ1n) is 7.69. The van der Waals surface area contributed by atoms with E-state index in [1.165, 1.54) is 10.9 Å². The van der Waals surface area contributed by atoms with Gasteiger partial charge in [-0.25, -0.2) is 4.98 Å². The van der Waals surface area contributed by atoms with Crippen LogP contribution in [0.5, 0.6) is 5.75 Å². The van der Waals surface area contributed by atoms with E-state index in [4.69, 9.17) is 10.5 Å². The molecule has 0 saturated heterocycles. The smallest absolute Gasteiger partial charge is 0.282 e. The number of aromatic nitrogens is 2. The molecule has 8 heteroatoms. The van der Waals surface area contributed by atoms with E-state index in [2.05, 4.69) is 26.0 Å². The number of halogens is 1. The Bertz CT molecular complexity index is 1080. The molecule has 0 spiro atoms. The van der Waals surface area contributed by atoms with E-state index >= 15 is 0 Å². The molecule has 26 heavy (non-hydrogen) atoms. The third-order valence-electron chi connectivity index (χ3n) is 3.57. The highest BCUT2D eigenvalue weighted by Gasteiger charge is 2.08. The van der Waals surface area contributed by atoms with Gasteiger partial charge in [0.2, 0.25) is 0 Å². The van der Waals surface area contributed by atoms with Crippen molar-refractivity contribution in [2.75, 3.05) is 6.61 Å². The van der Waals surface area contributed by atoms with Gasteiger partial charge >= 0.3 is 0 Å². The molecule has 1 amide bonds. The van der Waals surface area contributed by atoms with Crippen LogP contribution in [0.25, 0.3) is 10.9 Å². The molecule has 1 heterocycles. The Hall–Kier alpha value is -3.00. The number of primary amides is 1. The van der Waals surface area contributed by atoms with Gasteiger partial charge in [0.05, 0.1) is 17.1 Å². The molecule has 3 rings (SSSR count). The quantitative estimate of drug-likeness (QED) is 0.646. The number of carbonyl (C=O) groups excluding carboxylic acids is 1. The van der Waals surface area contributed by atoms with E-state index in [1.54, 1.807) is 43.3 Å². The second-order valence-electron chi connectivity index (χ2n) is 5.47. The summed E-state index contributed by atoms with van der Waals surface area (Å²) in [4.78, 5) is 28.0. The van der Waals surface area contributed by atoms with Crippen LogP contribution >= 0.6 is 15.9 Å². The van der Waals surface area contributed by atoms with Crippen molar-refractivity contribution in [1.82, 2.24) is 9.66 Å². The molecule has 0 aliphatic heterocycles. The zero-order chi connectivity index (χ0) is 18.7. The summed E-state index contributed by atoms with van der Waals surface area (Å²) in [7, 11) is 0. The number of ether oxygens (including phenoxy) is 1. The van der Waals surface area contributed by atoms with Crippen molar-refractivity contribution in [1.29, 1.82) is 0 Å². The van der Waals surface area contributed by atoms with Gasteiger partial charge < -0.3 is 10.5 Å². The summed E-state index contributed by atoms with van der Waals surface area (Å²) in [6, 6.07) is 12.3. The number of carbonyl (C=O) groups is 1. The number of aryl methyl sites for hydroxylation is 1. The lowest BCUT2D eigenvalue weighted by molar-refractivity contribution is -0.119. The predicted octanol–water partition coefficient (Wildman–Crippen LogP) is 2.21. The maximum Gasteiger partial charge on any atom is 0.282 e. The van der Waals surface area contributed by atoms with Crippen LogP contribution in [0.1, 0.15) is 11.4 Å². The van der Waals surface area contributed by atoms with Gasteiger partial charge in [-0.05, 0) is 37.3 Å². The highest BCUT2D eigenvalue weighted by atomic mass is 79.9. The number of amides is 1. The minimum absolute atomic E-state index is 0.241. The van der Waals surface area contributed by atoms with Crippen LogP contribution in [0.3, 0.4) is 0 Å². The molecule has 7 nitrogen and oxygen atoms in total. The SMILES string of the molecule is Cc1nc2ccc(Br)cc2c(=O)n1N=Cc1ccccc1OCC(N)=O. The van der Waals surface area contributed by atoms with Crippen LogP contribution in [-0.4, -0.2) is 28.4 Å². The van der Waals surface area contributed by atoms with Gasteiger partial charge in [0.1, 0.15) is 11.6 Å². The van der Waals surface area contributed by atoms with E-state index in [0.717, 1.165) is 4.47 Å². The Balaban J connectivity index is 2.02. The van der Waals surface area contributed by atoms with Gasteiger partial charge in [-0.15, -0.1) is 0 Å². The Labute approximate surface area is 157 Å². The van der Waals surface area contributed by atoms with E-state index in [0.29, 0.717) is 28.0 Å². The minimum atomic E-state index is -0.576. The lowest BCUT2D eigenvalue weighted by atomic mass is 10.2. The van der Waals surface area contributed by atoms with E-state index < -0.39 is 5.91 Å². The molecule has 2 aromatic carbocycles. The second-order valence-corrected chi connectivity index (χ2v) is 6.39. The average Bonchev–Trinajstić information content (AvgIpc) is 2.61. The number of rotatable bonds is 5. The Kier molecular flexibility index (Phi) is 5.13. The van der Waals surface area contributed by atoms with Crippen LogP contribution in [0.15, 0.2) is 56.8 Å². The molecule has 0 saturated carbocycles. The number of nitrogens with zero attached hydrogens (tertiary/aromatic N) is 3. The molecule has 0 aliphatic carbocycles. The summed E-state index contributed by atoms with van der Waals surface area (Å²) in [6.07, 6.45) is 1.48. The second kappa shape index (κ2) is 7.49. The lowest BCUT2D eigenvalue weighted by Gasteiger charge is -2.08. The first-order valence-corrected chi connectivity index (χ1v) is 8.48. The molecule has 3 aromatic rings. The van der Waals surface area contributed by atoms with Crippen LogP contribution in [0.4, 0.5) is 0 Å². The van der Waals surface area contributed by atoms with Crippen molar-refractivity contribution in [2.45, 2.75) is 6.92 Å². The van der Waals surface area contributed by atoms with E-state index in [9.17, 15) is 9.59 Å². The van der Waals surface area contributed by atoms with E-state index in [1.807, 2.05) is 6.07 Å². The standard InChI is InChI=1S/C18H15BrN4O3/c1-11-22-15-7-6-13(19)8-14(15)18(25)23(11)21-9-12-4-2-3-5-16(12)26-10-17(20)24/h2-9H,10H2,1H3,(H2,20,24). The summed E-state index contributed by atoms with van der Waals surface area (Å²) >= 11 is 3.36. The highest BCUT2D eigenvalue weighted by Crippen LogP contribution is 2.17. The van der Waals surface area contributed by atoms with Crippen molar-refractivity contribution < 1.29 is 9.53 Å².